The van der Waals surface area contributed by atoms with Gasteiger partial charge in [0.05, 0.1) is 26.5 Å². The van der Waals surface area contributed by atoms with Crippen LogP contribution in [0.4, 0.5) is 5.13 Å². The number of anilines is 1. The Morgan fingerprint density at radius 2 is 2.29 bits per heavy atom. The maximum Gasteiger partial charge on any atom is 0.349 e. The van der Waals surface area contributed by atoms with Crippen LogP contribution in [0.25, 0.3) is 0 Å². The van der Waals surface area contributed by atoms with E-state index in [1.807, 2.05) is 0 Å². The van der Waals surface area contributed by atoms with Crippen molar-refractivity contribution in [3.8, 4) is 5.88 Å². The van der Waals surface area contributed by atoms with Gasteiger partial charge in [-0.15, -0.1) is 0 Å². The third-order valence-corrected chi connectivity index (χ3v) is 4.19. The number of ether oxygens (including phenoxy) is 3. The molecule has 3 rings (SSSR count). The normalized spacial score (nSPS) is 16.6. The summed E-state index contributed by atoms with van der Waals surface area (Å²) >= 11 is 1.03. The molecule has 1 atom stereocenters. The molecular formula is C15H15N3O5S. The fourth-order valence-corrected chi connectivity index (χ4v) is 2.84. The predicted molar refractivity (Wildman–Crippen MR) is 85.5 cm³/mol. The lowest BCUT2D eigenvalue weighted by Gasteiger charge is -2.13. The summed E-state index contributed by atoms with van der Waals surface area (Å²) in [6, 6.07) is 3.26. The van der Waals surface area contributed by atoms with E-state index in [1.165, 1.54) is 13.3 Å². The number of nitrogens with zero attached hydrogens (tertiary/aromatic N) is 2. The van der Waals surface area contributed by atoms with E-state index in [0.29, 0.717) is 28.8 Å². The van der Waals surface area contributed by atoms with E-state index in [0.717, 1.165) is 17.8 Å². The average Bonchev–Trinajstić information content (AvgIpc) is 3.26. The van der Waals surface area contributed by atoms with E-state index in [9.17, 15) is 9.59 Å². The number of carbonyl (C=O) groups excluding carboxylic acids is 2. The Morgan fingerprint density at radius 3 is 3.04 bits per heavy atom. The summed E-state index contributed by atoms with van der Waals surface area (Å²) in [5, 5.41) is 2.92. The van der Waals surface area contributed by atoms with Crippen LogP contribution in [0.2, 0.25) is 0 Å². The lowest BCUT2D eigenvalue weighted by atomic mass is 10.2. The molecular weight excluding hydrogens is 334 g/mol. The lowest BCUT2D eigenvalue weighted by Crippen LogP contribution is -2.20. The molecule has 0 spiro atoms. The van der Waals surface area contributed by atoms with Crippen LogP contribution < -0.4 is 10.1 Å². The van der Waals surface area contributed by atoms with Crippen molar-refractivity contribution in [1.82, 2.24) is 9.97 Å². The van der Waals surface area contributed by atoms with Crippen molar-refractivity contribution in [2.24, 2.45) is 0 Å². The zero-order valence-electron chi connectivity index (χ0n) is 12.9. The van der Waals surface area contributed by atoms with E-state index in [2.05, 4.69) is 20.0 Å². The number of aromatic nitrogens is 2. The maximum atomic E-state index is 12.4. The summed E-state index contributed by atoms with van der Waals surface area (Å²) in [7, 11) is 1.28. The predicted octanol–water partition coefficient (Wildman–Crippen LogP) is 1.74. The minimum absolute atomic E-state index is 0.114. The molecule has 1 fully saturated rings. The molecule has 0 saturated carbocycles. The number of hydrogen-bond donors (Lipinski definition) is 1. The second kappa shape index (κ2) is 7.37. The summed E-state index contributed by atoms with van der Waals surface area (Å²) in [6.45, 7) is 1.11. The smallest absolute Gasteiger partial charge is 0.349 e. The fraction of sp³-hybridized carbons (Fsp3) is 0.333. The van der Waals surface area contributed by atoms with Crippen LogP contribution in [-0.4, -0.2) is 48.3 Å². The van der Waals surface area contributed by atoms with Crippen LogP contribution in [0.5, 0.6) is 5.88 Å². The molecule has 2 aromatic rings. The number of esters is 1. The molecule has 0 radical (unpaired) electrons. The lowest BCUT2D eigenvalue weighted by molar-refractivity contribution is 0.0606. The van der Waals surface area contributed by atoms with Crippen LogP contribution in [0.3, 0.4) is 0 Å². The number of rotatable bonds is 5. The van der Waals surface area contributed by atoms with Crippen molar-refractivity contribution >= 4 is 28.3 Å². The molecule has 24 heavy (non-hydrogen) atoms. The molecule has 1 N–H and O–H groups in total. The molecule has 126 valence electrons. The minimum atomic E-state index is -0.500. The molecule has 0 aliphatic carbocycles. The van der Waals surface area contributed by atoms with Crippen LogP contribution in [0, 0.1) is 0 Å². The quantitative estimate of drug-likeness (QED) is 0.821. The molecule has 1 saturated heterocycles. The van der Waals surface area contributed by atoms with Gasteiger partial charge in [0.15, 0.2) is 5.13 Å². The monoisotopic (exact) mass is 349 g/mol. The Labute approximate surface area is 141 Å². The average molecular weight is 349 g/mol. The molecule has 8 nitrogen and oxygen atoms in total. The number of thiazole rings is 1. The highest BCUT2D eigenvalue weighted by molar-refractivity contribution is 7.17. The first-order valence-corrected chi connectivity index (χ1v) is 8.04. The number of amides is 1. The van der Waals surface area contributed by atoms with Gasteiger partial charge >= 0.3 is 5.97 Å². The Morgan fingerprint density at radius 1 is 1.42 bits per heavy atom. The van der Waals surface area contributed by atoms with E-state index < -0.39 is 11.9 Å². The zero-order valence-corrected chi connectivity index (χ0v) is 13.7. The van der Waals surface area contributed by atoms with Crippen molar-refractivity contribution in [3.05, 3.63) is 35.0 Å². The van der Waals surface area contributed by atoms with Crippen molar-refractivity contribution in [2.75, 3.05) is 25.6 Å². The van der Waals surface area contributed by atoms with Crippen LogP contribution in [0.1, 0.15) is 26.5 Å². The van der Waals surface area contributed by atoms with Gasteiger partial charge in [-0.2, -0.15) is 0 Å². The number of carbonyl (C=O) groups is 2. The molecule has 1 amide bonds. The maximum absolute atomic E-state index is 12.4. The SMILES string of the molecule is COC(=O)c1cnc(NC(=O)c2cccnc2O[C@@H]2CCOC2)s1. The summed E-state index contributed by atoms with van der Waals surface area (Å²) in [5.41, 5.74) is 0.291. The van der Waals surface area contributed by atoms with E-state index in [1.54, 1.807) is 18.3 Å². The first-order valence-electron chi connectivity index (χ1n) is 7.22. The molecule has 9 heteroatoms. The molecule has 1 aliphatic heterocycles. The molecule has 0 unspecified atom stereocenters. The van der Waals surface area contributed by atoms with Gasteiger partial charge in [0.2, 0.25) is 5.88 Å². The fourth-order valence-electron chi connectivity index (χ4n) is 2.11. The summed E-state index contributed by atoms with van der Waals surface area (Å²) in [4.78, 5) is 32.3. The van der Waals surface area contributed by atoms with E-state index in [4.69, 9.17) is 9.47 Å². The largest absolute Gasteiger partial charge is 0.471 e. The zero-order chi connectivity index (χ0) is 16.9. The molecule has 3 heterocycles. The highest BCUT2D eigenvalue weighted by atomic mass is 32.1. The summed E-state index contributed by atoms with van der Waals surface area (Å²) < 4.78 is 15.6. The first kappa shape index (κ1) is 16.3. The molecule has 0 bridgehead atoms. The van der Waals surface area contributed by atoms with Crippen molar-refractivity contribution in [2.45, 2.75) is 12.5 Å². The number of methoxy groups -OCH3 is 1. The molecule has 1 aliphatic rings. The third-order valence-electron chi connectivity index (χ3n) is 3.29. The van der Waals surface area contributed by atoms with Crippen LogP contribution in [0.15, 0.2) is 24.5 Å². The van der Waals surface area contributed by atoms with E-state index in [-0.39, 0.29) is 12.0 Å². The third kappa shape index (κ3) is 3.69. The highest BCUT2D eigenvalue weighted by Crippen LogP contribution is 2.23. The van der Waals surface area contributed by atoms with Crippen LogP contribution >= 0.6 is 11.3 Å². The van der Waals surface area contributed by atoms with Gasteiger partial charge in [-0.1, -0.05) is 11.3 Å². The van der Waals surface area contributed by atoms with Gasteiger partial charge in [-0.05, 0) is 12.1 Å². The Hall–Kier alpha value is -2.52. The summed E-state index contributed by atoms with van der Waals surface area (Å²) in [6.07, 6.45) is 3.55. The Kier molecular flexibility index (Phi) is 5.02. The van der Waals surface area contributed by atoms with Gasteiger partial charge < -0.3 is 14.2 Å². The molecule has 0 aromatic carbocycles. The number of hydrogen-bond acceptors (Lipinski definition) is 8. The van der Waals surface area contributed by atoms with Gasteiger partial charge in [0.1, 0.15) is 16.5 Å². The first-order chi connectivity index (χ1) is 11.7. The van der Waals surface area contributed by atoms with Crippen LogP contribution in [-0.2, 0) is 9.47 Å². The van der Waals surface area contributed by atoms with Gasteiger partial charge in [-0.25, -0.2) is 14.8 Å². The van der Waals surface area contributed by atoms with Crippen molar-refractivity contribution in [1.29, 1.82) is 0 Å². The Bertz CT molecular complexity index is 742. The molecule has 2 aromatic heterocycles. The standard InChI is InChI=1S/C15H15N3O5S/c1-21-14(20)11-7-17-15(24-11)18-12(19)10-3-2-5-16-13(10)23-9-4-6-22-8-9/h2-3,5,7,9H,4,6,8H2,1H3,(H,17,18,19)/t9-/m1/s1. The van der Waals surface area contributed by atoms with Gasteiger partial charge in [0.25, 0.3) is 5.91 Å². The van der Waals surface area contributed by atoms with Crippen molar-refractivity contribution < 1.29 is 23.8 Å². The second-order valence-corrected chi connectivity index (χ2v) is 5.97. The number of pyridine rings is 1. The second-order valence-electron chi connectivity index (χ2n) is 4.93. The number of nitrogens with one attached hydrogen (secondary N) is 1. The van der Waals surface area contributed by atoms with E-state index >= 15 is 0 Å². The van der Waals surface area contributed by atoms with Gasteiger partial charge in [0, 0.05) is 12.6 Å². The van der Waals surface area contributed by atoms with Crippen molar-refractivity contribution in [3.63, 3.8) is 0 Å². The minimum Gasteiger partial charge on any atom is -0.471 e. The van der Waals surface area contributed by atoms with Gasteiger partial charge in [-0.3, -0.25) is 10.1 Å². The Balaban J connectivity index is 1.72. The highest BCUT2D eigenvalue weighted by Gasteiger charge is 2.22. The summed E-state index contributed by atoms with van der Waals surface area (Å²) in [5.74, 6) is -0.669. The topological polar surface area (TPSA) is 99.6 Å².